The van der Waals surface area contributed by atoms with Gasteiger partial charge in [0.2, 0.25) is 0 Å². The number of halogens is 1. The van der Waals surface area contributed by atoms with Crippen molar-refractivity contribution < 1.29 is 19.0 Å². The van der Waals surface area contributed by atoms with Gasteiger partial charge >= 0.3 is 6.09 Å². The minimum atomic E-state index is -0.831. The van der Waals surface area contributed by atoms with E-state index in [4.69, 9.17) is 4.74 Å². The van der Waals surface area contributed by atoms with Crippen LogP contribution in [0.2, 0.25) is 0 Å². The molecule has 1 amide bonds. The number of likely N-dealkylation sites (tertiary alicyclic amines) is 1. The van der Waals surface area contributed by atoms with Crippen molar-refractivity contribution in [3.05, 3.63) is 58.3 Å². The van der Waals surface area contributed by atoms with E-state index in [0.29, 0.717) is 12.0 Å². The number of carbonyl (C=O) groups excluding carboxylic acids is 1. The molecule has 1 aliphatic heterocycles. The first-order valence-electron chi connectivity index (χ1n) is 11.0. The van der Waals surface area contributed by atoms with Crippen molar-refractivity contribution in [1.82, 2.24) is 15.2 Å². The number of piperidine rings is 1. The quantitative estimate of drug-likeness (QED) is 0.632. The Morgan fingerprint density at radius 2 is 1.91 bits per heavy atom. The van der Waals surface area contributed by atoms with E-state index in [2.05, 4.69) is 15.2 Å². The van der Waals surface area contributed by atoms with E-state index in [1.54, 1.807) is 0 Å². The maximum atomic E-state index is 13.6. The second-order valence-electron chi connectivity index (χ2n) is 9.25. The highest BCUT2D eigenvalue weighted by molar-refractivity contribution is 5.68. The number of carbonyl (C=O) groups is 1. The van der Waals surface area contributed by atoms with E-state index in [1.807, 2.05) is 45.0 Å². The molecule has 1 saturated heterocycles. The van der Waals surface area contributed by atoms with Crippen LogP contribution in [0, 0.1) is 5.82 Å². The molecular weight excluding hydrogens is 413 g/mol. The number of nitrogens with zero attached hydrogens (tertiary/aromatic N) is 1. The number of rotatable bonds is 6. The number of benzene rings is 1. The summed E-state index contributed by atoms with van der Waals surface area (Å²) in [6.45, 7) is 7.89. The molecular formula is C24H32FN3O4. The van der Waals surface area contributed by atoms with Gasteiger partial charge in [-0.1, -0.05) is 24.3 Å². The average Bonchev–Trinajstić information content (AvgIpc) is 2.73. The zero-order valence-corrected chi connectivity index (χ0v) is 18.9. The van der Waals surface area contributed by atoms with Crippen molar-refractivity contribution in [3.63, 3.8) is 0 Å². The number of alkyl carbamates (subject to hydrolysis) is 1. The van der Waals surface area contributed by atoms with Crippen LogP contribution in [-0.2, 0) is 4.74 Å². The van der Waals surface area contributed by atoms with Gasteiger partial charge in [0.05, 0.1) is 12.1 Å². The largest absolute Gasteiger partial charge is 0.444 e. The van der Waals surface area contributed by atoms with E-state index in [0.717, 1.165) is 43.6 Å². The van der Waals surface area contributed by atoms with Crippen LogP contribution in [0.5, 0.6) is 0 Å². The highest BCUT2D eigenvalue weighted by atomic mass is 19.1. The van der Waals surface area contributed by atoms with Gasteiger partial charge in [0.25, 0.3) is 5.56 Å². The Bertz CT molecular complexity index is 960. The van der Waals surface area contributed by atoms with Gasteiger partial charge in [0.15, 0.2) is 5.82 Å². The molecule has 0 spiro atoms. The molecule has 0 radical (unpaired) electrons. The maximum absolute atomic E-state index is 13.6. The van der Waals surface area contributed by atoms with Crippen LogP contribution >= 0.6 is 0 Å². The molecule has 1 aromatic carbocycles. The van der Waals surface area contributed by atoms with Crippen molar-refractivity contribution in [2.45, 2.75) is 57.8 Å². The summed E-state index contributed by atoms with van der Waals surface area (Å²) in [7, 11) is 0. The van der Waals surface area contributed by atoms with E-state index in [1.165, 1.54) is 12.3 Å². The molecule has 3 N–H and O–H groups in total. The van der Waals surface area contributed by atoms with Gasteiger partial charge in [0.1, 0.15) is 5.60 Å². The number of nitrogens with one attached hydrogen (secondary N) is 2. The van der Waals surface area contributed by atoms with Crippen LogP contribution in [-0.4, -0.2) is 52.4 Å². The standard InChI is InChI=1S/C24H32FN3O4/c1-24(2,3)32-23(31)27-21(10-13-28-11-8-19(29)9-12-28)17-6-4-16(5-7-17)18-14-20(25)22(30)26-15-18/h4-7,14-15,19,21,29H,8-13H2,1-3H3,(H,26,30)(H,27,31)/t21-/m1/s1. The summed E-state index contributed by atoms with van der Waals surface area (Å²) in [5, 5.41) is 12.7. The summed E-state index contributed by atoms with van der Waals surface area (Å²) in [5.41, 5.74) is 0.872. The fourth-order valence-electron chi connectivity index (χ4n) is 3.76. The van der Waals surface area contributed by atoms with Gasteiger partial charge in [-0.25, -0.2) is 9.18 Å². The molecule has 1 atom stereocenters. The number of aromatic amines is 1. The average molecular weight is 446 g/mol. The Kier molecular flexibility index (Phi) is 7.69. The molecule has 0 bridgehead atoms. The van der Waals surface area contributed by atoms with E-state index >= 15 is 0 Å². The topological polar surface area (TPSA) is 94.7 Å². The molecule has 2 aromatic rings. The smallest absolute Gasteiger partial charge is 0.408 e. The number of aliphatic hydroxyl groups is 1. The number of hydrogen-bond acceptors (Lipinski definition) is 5. The van der Waals surface area contributed by atoms with Crippen LogP contribution in [0.15, 0.2) is 41.3 Å². The first-order valence-corrected chi connectivity index (χ1v) is 11.0. The van der Waals surface area contributed by atoms with Crippen molar-refractivity contribution in [2.75, 3.05) is 19.6 Å². The maximum Gasteiger partial charge on any atom is 0.408 e. The minimum absolute atomic E-state index is 0.229. The lowest BCUT2D eigenvalue weighted by atomic mass is 9.99. The third-order valence-electron chi connectivity index (χ3n) is 5.49. The van der Waals surface area contributed by atoms with Crippen molar-refractivity contribution >= 4 is 6.09 Å². The number of hydrogen-bond donors (Lipinski definition) is 3. The highest BCUT2D eigenvalue weighted by Gasteiger charge is 2.23. The first-order chi connectivity index (χ1) is 15.1. The second kappa shape index (κ2) is 10.3. The van der Waals surface area contributed by atoms with Gasteiger partial charge in [-0.3, -0.25) is 4.79 Å². The zero-order valence-electron chi connectivity index (χ0n) is 18.9. The molecule has 1 fully saturated rings. The van der Waals surface area contributed by atoms with Crippen molar-refractivity contribution in [2.24, 2.45) is 0 Å². The molecule has 0 saturated carbocycles. The van der Waals surface area contributed by atoms with E-state index in [9.17, 15) is 19.1 Å². The van der Waals surface area contributed by atoms with Crippen LogP contribution in [0.4, 0.5) is 9.18 Å². The van der Waals surface area contributed by atoms with Crippen LogP contribution < -0.4 is 10.9 Å². The highest BCUT2D eigenvalue weighted by Crippen LogP contribution is 2.24. The van der Waals surface area contributed by atoms with Gasteiger partial charge in [-0.15, -0.1) is 0 Å². The Morgan fingerprint density at radius 1 is 1.25 bits per heavy atom. The van der Waals surface area contributed by atoms with Gasteiger partial charge in [0, 0.05) is 31.4 Å². The molecule has 8 heteroatoms. The predicted molar refractivity (Wildman–Crippen MR) is 121 cm³/mol. The number of amides is 1. The van der Waals surface area contributed by atoms with E-state index in [-0.39, 0.29) is 12.1 Å². The Morgan fingerprint density at radius 3 is 2.50 bits per heavy atom. The summed E-state index contributed by atoms with van der Waals surface area (Å²) < 4.78 is 19.1. The monoisotopic (exact) mass is 445 g/mol. The summed E-state index contributed by atoms with van der Waals surface area (Å²) in [6.07, 6.45) is 2.96. The Balaban J connectivity index is 1.74. The van der Waals surface area contributed by atoms with E-state index < -0.39 is 23.1 Å². The third kappa shape index (κ3) is 6.90. The van der Waals surface area contributed by atoms with Crippen molar-refractivity contribution in [3.8, 4) is 11.1 Å². The summed E-state index contributed by atoms with van der Waals surface area (Å²) in [6, 6.07) is 8.39. The van der Waals surface area contributed by atoms with Gasteiger partial charge in [-0.2, -0.15) is 0 Å². The first kappa shape index (κ1) is 23.9. The van der Waals surface area contributed by atoms with Gasteiger partial charge in [-0.05, 0) is 57.2 Å². The fourth-order valence-corrected chi connectivity index (χ4v) is 3.76. The fraction of sp³-hybridized carbons (Fsp3) is 0.500. The summed E-state index contributed by atoms with van der Waals surface area (Å²) in [4.78, 5) is 28.4. The summed E-state index contributed by atoms with van der Waals surface area (Å²) >= 11 is 0. The molecule has 1 aliphatic rings. The molecule has 0 unspecified atom stereocenters. The van der Waals surface area contributed by atoms with Gasteiger partial charge < -0.3 is 25.0 Å². The number of pyridine rings is 1. The molecule has 174 valence electrons. The number of H-pyrrole nitrogens is 1. The molecule has 3 rings (SSSR count). The summed E-state index contributed by atoms with van der Waals surface area (Å²) in [5.74, 6) is -0.831. The lowest BCUT2D eigenvalue weighted by Gasteiger charge is -2.31. The minimum Gasteiger partial charge on any atom is -0.444 e. The van der Waals surface area contributed by atoms with Crippen molar-refractivity contribution in [1.29, 1.82) is 0 Å². The Hall–Kier alpha value is -2.71. The Labute approximate surface area is 187 Å². The van der Waals surface area contributed by atoms with Crippen LogP contribution in [0.3, 0.4) is 0 Å². The molecule has 1 aromatic heterocycles. The van der Waals surface area contributed by atoms with Crippen LogP contribution in [0.25, 0.3) is 11.1 Å². The lowest BCUT2D eigenvalue weighted by Crippen LogP contribution is -2.39. The molecule has 0 aliphatic carbocycles. The second-order valence-corrected chi connectivity index (χ2v) is 9.25. The third-order valence-corrected chi connectivity index (χ3v) is 5.49. The lowest BCUT2D eigenvalue weighted by molar-refractivity contribution is 0.0491. The SMILES string of the molecule is CC(C)(C)OC(=O)N[C@H](CCN1CCC(O)CC1)c1ccc(-c2c[nH]c(=O)c(F)c2)cc1. The van der Waals surface area contributed by atoms with Crippen LogP contribution in [0.1, 0.15) is 51.6 Å². The molecule has 2 heterocycles. The number of ether oxygens (including phenoxy) is 1. The number of aliphatic hydroxyl groups excluding tert-OH is 1. The number of aromatic nitrogens is 1. The zero-order chi connectivity index (χ0) is 23.3. The molecule has 7 nitrogen and oxygen atoms in total. The predicted octanol–water partition coefficient (Wildman–Crippen LogP) is 3.59. The molecule has 32 heavy (non-hydrogen) atoms. The normalized spacial score (nSPS) is 16.5.